The van der Waals surface area contributed by atoms with Gasteiger partial charge in [-0.3, -0.25) is 0 Å². The second-order valence-corrected chi connectivity index (χ2v) is 5.50. The lowest BCUT2D eigenvalue weighted by molar-refractivity contribution is 0.487. The van der Waals surface area contributed by atoms with Crippen LogP contribution in [0.5, 0.6) is 0 Å². The maximum Gasteiger partial charge on any atom is 0.182 e. The highest BCUT2D eigenvalue weighted by molar-refractivity contribution is 5.67. The summed E-state index contributed by atoms with van der Waals surface area (Å²) in [6, 6.07) is 5.40. The van der Waals surface area contributed by atoms with Gasteiger partial charge in [-0.05, 0) is 41.0 Å². The van der Waals surface area contributed by atoms with Crippen molar-refractivity contribution >= 4 is 11.4 Å². The third-order valence-corrected chi connectivity index (χ3v) is 3.17. The van der Waals surface area contributed by atoms with Gasteiger partial charge in [-0.15, -0.1) is 5.10 Å². The highest BCUT2D eigenvalue weighted by Gasteiger charge is 2.10. The summed E-state index contributed by atoms with van der Waals surface area (Å²) >= 11 is 0. The standard InChI is InChI=1S/C14H22N6/c1-10(2)5-3-4-6-20-14(17-18-19-20)11-7-12(15)9-13(16)8-11/h7-10H,3-6,15-16H2,1-2H3. The molecule has 2 rings (SSSR count). The van der Waals surface area contributed by atoms with Crippen LogP contribution in [0, 0.1) is 5.92 Å². The lowest BCUT2D eigenvalue weighted by atomic mass is 10.1. The van der Waals surface area contributed by atoms with Gasteiger partial charge in [-0.2, -0.15) is 0 Å². The second kappa shape index (κ2) is 6.36. The number of rotatable bonds is 6. The van der Waals surface area contributed by atoms with E-state index in [1.54, 1.807) is 6.07 Å². The van der Waals surface area contributed by atoms with Gasteiger partial charge in [-0.1, -0.05) is 26.7 Å². The van der Waals surface area contributed by atoms with Crippen LogP contribution in [0.25, 0.3) is 11.4 Å². The first-order chi connectivity index (χ1) is 9.56. The lowest BCUT2D eigenvalue weighted by Gasteiger charge is -2.07. The summed E-state index contributed by atoms with van der Waals surface area (Å²) in [6.45, 7) is 5.28. The molecule has 0 radical (unpaired) electrons. The van der Waals surface area contributed by atoms with E-state index in [1.807, 2.05) is 16.8 Å². The Morgan fingerprint density at radius 1 is 1.10 bits per heavy atom. The molecule has 0 spiro atoms. The van der Waals surface area contributed by atoms with Crippen LogP contribution in [0.1, 0.15) is 33.1 Å². The van der Waals surface area contributed by atoms with E-state index in [0.717, 1.165) is 24.4 Å². The summed E-state index contributed by atoms with van der Waals surface area (Å²) in [4.78, 5) is 0. The van der Waals surface area contributed by atoms with Crippen molar-refractivity contribution in [2.24, 2.45) is 5.92 Å². The van der Waals surface area contributed by atoms with Crippen LogP contribution in [0.2, 0.25) is 0 Å². The van der Waals surface area contributed by atoms with Crippen LogP contribution in [0.4, 0.5) is 11.4 Å². The molecule has 108 valence electrons. The summed E-state index contributed by atoms with van der Waals surface area (Å²) in [5.41, 5.74) is 13.7. The fourth-order valence-electron chi connectivity index (χ4n) is 2.18. The molecule has 0 amide bonds. The highest BCUT2D eigenvalue weighted by Crippen LogP contribution is 2.22. The number of nitrogen functional groups attached to an aromatic ring is 2. The van der Waals surface area contributed by atoms with Crippen molar-refractivity contribution in [2.45, 2.75) is 39.7 Å². The van der Waals surface area contributed by atoms with E-state index in [1.165, 1.54) is 12.8 Å². The van der Waals surface area contributed by atoms with Gasteiger partial charge in [0.2, 0.25) is 0 Å². The molecule has 1 aromatic heterocycles. The zero-order valence-corrected chi connectivity index (χ0v) is 12.1. The maximum atomic E-state index is 5.81. The van der Waals surface area contributed by atoms with Crippen LogP contribution in [-0.2, 0) is 6.54 Å². The molecule has 20 heavy (non-hydrogen) atoms. The molecule has 0 aliphatic rings. The Morgan fingerprint density at radius 2 is 1.80 bits per heavy atom. The Morgan fingerprint density at radius 3 is 2.45 bits per heavy atom. The van der Waals surface area contributed by atoms with Gasteiger partial charge in [0.15, 0.2) is 5.82 Å². The molecule has 0 bridgehead atoms. The van der Waals surface area contributed by atoms with Crippen molar-refractivity contribution in [1.82, 2.24) is 20.2 Å². The van der Waals surface area contributed by atoms with Crippen molar-refractivity contribution in [2.75, 3.05) is 11.5 Å². The normalized spacial score (nSPS) is 11.2. The van der Waals surface area contributed by atoms with E-state index in [9.17, 15) is 0 Å². The Hall–Kier alpha value is -2.11. The molecule has 0 fully saturated rings. The third kappa shape index (κ3) is 3.69. The third-order valence-electron chi connectivity index (χ3n) is 3.17. The number of benzene rings is 1. The molecule has 0 saturated carbocycles. The van der Waals surface area contributed by atoms with Gasteiger partial charge in [-0.25, -0.2) is 4.68 Å². The van der Waals surface area contributed by atoms with Crippen LogP contribution in [0.15, 0.2) is 18.2 Å². The zero-order valence-electron chi connectivity index (χ0n) is 12.1. The van der Waals surface area contributed by atoms with Gasteiger partial charge in [0, 0.05) is 23.5 Å². The minimum absolute atomic E-state index is 0.620. The monoisotopic (exact) mass is 274 g/mol. The Kier molecular flexibility index (Phi) is 4.55. The largest absolute Gasteiger partial charge is 0.399 e. The quantitative estimate of drug-likeness (QED) is 0.622. The van der Waals surface area contributed by atoms with Crippen molar-refractivity contribution in [3.63, 3.8) is 0 Å². The summed E-state index contributed by atoms with van der Waals surface area (Å²) < 4.78 is 1.81. The lowest BCUT2D eigenvalue weighted by Crippen LogP contribution is -2.04. The SMILES string of the molecule is CC(C)CCCCn1nnnc1-c1cc(N)cc(N)c1. The molecule has 6 nitrogen and oxygen atoms in total. The predicted octanol–water partition coefficient (Wildman–Crippen LogP) is 2.33. The minimum Gasteiger partial charge on any atom is -0.399 e. The number of unbranched alkanes of at least 4 members (excludes halogenated alkanes) is 1. The average Bonchev–Trinajstić information content (AvgIpc) is 2.81. The van der Waals surface area contributed by atoms with E-state index in [4.69, 9.17) is 11.5 Å². The first kappa shape index (κ1) is 14.3. The molecule has 0 saturated heterocycles. The molecule has 0 atom stereocenters. The molecular weight excluding hydrogens is 252 g/mol. The van der Waals surface area contributed by atoms with E-state index < -0.39 is 0 Å². The first-order valence-electron chi connectivity index (χ1n) is 6.99. The van der Waals surface area contributed by atoms with Crippen LogP contribution < -0.4 is 11.5 Å². The van der Waals surface area contributed by atoms with Crippen molar-refractivity contribution in [1.29, 1.82) is 0 Å². The van der Waals surface area contributed by atoms with Gasteiger partial charge < -0.3 is 11.5 Å². The number of anilines is 2. The summed E-state index contributed by atoms with van der Waals surface area (Å²) in [6.07, 6.45) is 3.47. The number of aryl methyl sites for hydroxylation is 1. The van der Waals surface area contributed by atoms with E-state index >= 15 is 0 Å². The highest BCUT2D eigenvalue weighted by atomic mass is 15.5. The summed E-state index contributed by atoms with van der Waals surface area (Å²) in [5, 5.41) is 11.9. The topological polar surface area (TPSA) is 95.6 Å². The summed E-state index contributed by atoms with van der Waals surface area (Å²) in [5.74, 6) is 1.45. The number of hydrogen-bond acceptors (Lipinski definition) is 5. The first-order valence-corrected chi connectivity index (χ1v) is 6.99. The van der Waals surface area contributed by atoms with Gasteiger partial charge >= 0.3 is 0 Å². The predicted molar refractivity (Wildman–Crippen MR) is 80.8 cm³/mol. The van der Waals surface area contributed by atoms with Gasteiger partial charge in [0.1, 0.15) is 0 Å². The molecule has 1 aromatic carbocycles. The van der Waals surface area contributed by atoms with E-state index in [-0.39, 0.29) is 0 Å². The molecule has 1 heterocycles. The molecule has 2 aromatic rings. The number of nitrogens with zero attached hydrogens (tertiary/aromatic N) is 4. The van der Waals surface area contributed by atoms with Crippen molar-refractivity contribution < 1.29 is 0 Å². The number of nitrogens with two attached hydrogens (primary N) is 2. The molecule has 0 aliphatic heterocycles. The average molecular weight is 274 g/mol. The number of tetrazole rings is 1. The maximum absolute atomic E-state index is 5.81. The smallest absolute Gasteiger partial charge is 0.182 e. The van der Waals surface area contributed by atoms with Crippen LogP contribution >= 0.6 is 0 Å². The molecule has 4 N–H and O–H groups in total. The Balaban J connectivity index is 2.08. The fourth-order valence-corrected chi connectivity index (χ4v) is 2.18. The Labute approximate surface area is 119 Å². The van der Waals surface area contributed by atoms with Gasteiger partial charge in [0.25, 0.3) is 0 Å². The second-order valence-electron chi connectivity index (χ2n) is 5.50. The van der Waals surface area contributed by atoms with Crippen LogP contribution in [0.3, 0.4) is 0 Å². The molecular formula is C14H22N6. The van der Waals surface area contributed by atoms with E-state index in [0.29, 0.717) is 17.2 Å². The van der Waals surface area contributed by atoms with Gasteiger partial charge in [0.05, 0.1) is 0 Å². The van der Waals surface area contributed by atoms with E-state index in [2.05, 4.69) is 29.4 Å². The fraction of sp³-hybridized carbons (Fsp3) is 0.500. The molecule has 0 unspecified atom stereocenters. The minimum atomic E-state index is 0.620. The molecule has 0 aliphatic carbocycles. The number of hydrogen-bond donors (Lipinski definition) is 2. The van der Waals surface area contributed by atoms with Crippen LogP contribution in [-0.4, -0.2) is 20.2 Å². The number of aromatic nitrogens is 4. The summed E-state index contributed by atoms with van der Waals surface area (Å²) in [7, 11) is 0. The molecule has 6 heteroatoms. The van der Waals surface area contributed by atoms with Crippen molar-refractivity contribution in [3.8, 4) is 11.4 Å². The zero-order chi connectivity index (χ0) is 14.5. The Bertz CT molecular complexity index is 540. The van der Waals surface area contributed by atoms with Crippen molar-refractivity contribution in [3.05, 3.63) is 18.2 Å².